The molecule has 0 fully saturated rings. The number of benzene rings is 1. The third-order valence-electron chi connectivity index (χ3n) is 3.92. The van der Waals surface area contributed by atoms with E-state index in [4.69, 9.17) is 4.42 Å². The number of rotatable bonds is 7. The van der Waals surface area contributed by atoms with Crippen molar-refractivity contribution in [2.45, 2.75) is 32.2 Å². The minimum Gasteiger partial charge on any atom is -0.467 e. The van der Waals surface area contributed by atoms with Crippen molar-refractivity contribution >= 4 is 0 Å². The quantitative estimate of drug-likeness (QED) is 0.725. The van der Waals surface area contributed by atoms with E-state index in [-0.39, 0.29) is 12.6 Å². The van der Waals surface area contributed by atoms with E-state index in [0.717, 1.165) is 17.7 Å². The van der Waals surface area contributed by atoms with Gasteiger partial charge >= 0.3 is 0 Å². The lowest BCUT2D eigenvalue weighted by atomic mass is 10.0. The fourth-order valence-electron chi connectivity index (χ4n) is 2.61. The van der Waals surface area contributed by atoms with Crippen molar-refractivity contribution in [3.8, 4) is 11.3 Å². The predicted octanol–water partition coefficient (Wildman–Crippen LogP) is 3.46. The van der Waals surface area contributed by atoms with Gasteiger partial charge < -0.3 is 9.52 Å². The second-order valence-electron chi connectivity index (χ2n) is 5.60. The first-order chi connectivity index (χ1) is 11.3. The first kappa shape index (κ1) is 15.5. The molecule has 0 aliphatic heterocycles. The average molecular weight is 311 g/mol. The maximum absolute atomic E-state index is 9.62. The summed E-state index contributed by atoms with van der Waals surface area (Å²) in [6, 6.07) is 11.7. The number of aryl methyl sites for hydroxylation is 1. The Morgan fingerprint density at radius 2 is 2.17 bits per heavy atom. The van der Waals surface area contributed by atoms with Gasteiger partial charge in [0.1, 0.15) is 17.5 Å². The highest BCUT2D eigenvalue weighted by Crippen LogP contribution is 2.22. The third kappa shape index (κ3) is 3.51. The number of hydrogen-bond donors (Lipinski definition) is 1. The third-order valence-corrected chi connectivity index (χ3v) is 3.92. The van der Waals surface area contributed by atoms with E-state index in [1.165, 1.54) is 18.4 Å². The predicted molar refractivity (Wildman–Crippen MR) is 88.0 cm³/mol. The van der Waals surface area contributed by atoms with Crippen LogP contribution >= 0.6 is 0 Å². The standard InChI is InChI=1S/C18H21N3O2/c1-2-3-6-14-7-4-8-15(11-14)16-12-21(20-19-16)17(13-22)18-9-5-10-23-18/h4-5,7-12,17,22H,2-3,6,13H2,1H3. The Morgan fingerprint density at radius 1 is 1.26 bits per heavy atom. The molecule has 5 heteroatoms. The highest BCUT2D eigenvalue weighted by atomic mass is 16.3. The van der Waals surface area contributed by atoms with Crippen molar-refractivity contribution in [3.05, 3.63) is 60.2 Å². The summed E-state index contributed by atoms with van der Waals surface area (Å²) in [6.45, 7) is 2.10. The van der Waals surface area contributed by atoms with E-state index in [1.807, 2.05) is 18.3 Å². The Kier molecular flexibility index (Phi) is 4.88. The maximum atomic E-state index is 9.62. The van der Waals surface area contributed by atoms with Gasteiger partial charge in [-0.25, -0.2) is 4.68 Å². The van der Waals surface area contributed by atoms with Gasteiger partial charge in [0.05, 0.1) is 19.1 Å². The van der Waals surface area contributed by atoms with Crippen LogP contribution in [0.5, 0.6) is 0 Å². The zero-order valence-corrected chi connectivity index (χ0v) is 13.2. The summed E-state index contributed by atoms with van der Waals surface area (Å²) < 4.78 is 7.02. The Bertz CT molecular complexity index is 734. The molecule has 0 bridgehead atoms. The fraction of sp³-hybridized carbons (Fsp3) is 0.333. The van der Waals surface area contributed by atoms with Crippen LogP contribution in [0.4, 0.5) is 0 Å². The molecule has 3 aromatic rings. The second kappa shape index (κ2) is 7.24. The van der Waals surface area contributed by atoms with Crippen LogP contribution < -0.4 is 0 Å². The van der Waals surface area contributed by atoms with Crippen LogP contribution in [0.3, 0.4) is 0 Å². The average Bonchev–Trinajstić information content (AvgIpc) is 3.26. The van der Waals surface area contributed by atoms with Crippen LogP contribution in [0.1, 0.15) is 37.1 Å². The first-order valence-electron chi connectivity index (χ1n) is 7.97. The summed E-state index contributed by atoms with van der Waals surface area (Å²) >= 11 is 0. The lowest BCUT2D eigenvalue weighted by Gasteiger charge is -2.10. The van der Waals surface area contributed by atoms with Crippen molar-refractivity contribution in [1.82, 2.24) is 15.0 Å². The molecule has 0 aliphatic rings. The Hall–Kier alpha value is -2.40. The van der Waals surface area contributed by atoms with E-state index in [9.17, 15) is 5.11 Å². The molecule has 0 radical (unpaired) electrons. The summed E-state index contributed by atoms with van der Waals surface area (Å²) in [5.41, 5.74) is 3.15. The van der Waals surface area contributed by atoms with E-state index in [2.05, 4.69) is 35.4 Å². The van der Waals surface area contributed by atoms with Crippen molar-refractivity contribution in [2.24, 2.45) is 0 Å². The van der Waals surface area contributed by atoms with E-state index >= 15 is 0 Å². The summed E-state index contributed by atoms with van der Waals surface area (Å²) in [5, 5.41) is 18.0. The van der Waals surface area contributed by atoms with Gasteiger partial charge in [0.15, 0.2) is 0 Å². The Labute approximate surface area is 135 Å². The number of hydrogen-bond acceptors (Lipinski definition) is 4. The smallest absolute Gasteiger partial charge is 0.134 e. The SMILES string of the molecule is CCCCc1cccc(-c2cn(C(CO)c3ccco3)nn2)c1. The second-order valence-corrected chi connectivity index (χ2v) is 5.60. The molecule has 1 aromatic carbocycles. The minimum absolute atomic E-state index is 0.0904. The summed E-state index contributed by atoms with van der Waals surface area (Å²) in [6.07, 6.45) is 6.88. The van der Waals surface area contributed by atoms with Gasteiger partial charge in [0.2, 0.25) is 0 Å². The highest BCUT2D eigenvalue weighted by molar-refractivity contribution is 5.58. The normalized spacial score (nSPS) is 12.4. The van der Waals surface area contributed by atoms with E-state index in [1.54, 1.807) is 17.0 Å². The van der Waals surface area contributed by atoms with Crippen LogP contribution in [0.25, 0.3) is 11.3 Å². The van der Waals surface area contributed by atoms with Gasteiger partial charge in [0, 0.05) is 5.56 Å². The number of furan rings is 1. The lowest BCUT2D eigenvalue weighted by molar-refractivity contribution is 0.221. The number of unbranched alkanes of at least 4 members (excludes halogenated alkanes) is 1. The molecular weight excluding hydrogens is 290 g/mol. The molecule has 1 unspecified atom stereocenters. The van der Waals surface area contributed by atoms with Crippen LogP contribution in [-0.4, -0.2) is 26.7 Å². The molecule has 2 aromatic heterocycles. The molecule has 0 aliphatic carbocycles. The lowest BCUT2D eigenvalue weighted by Crippen LogP contribution is -2.14. The maximum Gasteiger partial charge on any atom is 0.134 e. The largest absolute Gasteiger partial charge is 0.467 e. The molecule has 0 amide bonds. The van der Waals surface area contributed by atoms with Gasteiger partial charge in [-0.1, -0.05) is 36.8 Å². The zero-order chi connectivity index (χ0) is 16.1. The van der Waals surface area contributed by atoms with Gasteiger partial charge in [-0.2, -0.15) is 0 Å². The zero-order valence-electron chi connectivity index (χ0n) is 13.2. The molecule has 120 valence electrons. The fourth-order valence-corrected chi connectivity index (χ4v) is 2.61. The number of nitrogens with zero attached hydrogens (tertiary/aromatic N) is 3. The molecule has 2 heterocycles. The number of aliphatic hydroxyl groups excluding tert-OH is 1. The van der Waals surface area contributed by atoms with Crippen molar-refractivity contribution < 1.29 is 9.52 Å². The van der Waals surface area contributed by atoms with Gasteiger partial charge in [-0.3, -0.25) is 0 Å². The highest BCUT2D eigenvalue weighted by Gasteiger charge is 2.17. The Morgan fingerprint density at radius 3 is 2.91 bits per heavy atom. The summed E-state index contributed by atoms with van der Waals surface area (Å²) in [5.74, 6) is 0.667. The molecule has 1 N–H and O–H groups in total. The Balaban J connectivity index is 1.84. The first-order valence-corrected chi connectivity index (χ1v) is 7.97. The minimum atomic E-state index is -0.352. The molecule has 1 atom stereocenters. The monoisotopic (exact) mass is 311 g/mol. The molecule has 0 spiro atoms. The topological polar surface area (TPSA) is 64.1 Å². The molecule has 5 nitrogen and oxygen atoms in total. The van der Waals surface area contributed by atoms with Gasteiger partial charge in [-0.05, 0) is 36.6 Å². The van der Waals surface area contributed by atoms with Gasteiger partial charge in [0.25, 0.3) is 0 Å². The van der Waals surface area contributed by atoms with E-state index < -0.39 is 0 Å². The van der Waals surface area contributed by atoms with Crippen molar-refractivity contribution in [1.29, 1.82) is 0 Å². The number of aromatic nitrogens is 3. The molecule has 23 heavy (non-hydrogen) atoms. The van der Waals surface area contributed by atoms with Gasteiger partial charge in [-0.15, -0.1) is 5.10 Å². The number of aliphatic hydroxyl groups is 1. The summed E-state index contributed by atoms with van der Waals surface area (Å²) in [7, 11) is 0. The summed E-state index contributed by atoms with van der Waals surface area (Å²) in [4.78, 5) is 0. The van der Waals surface area contributed by atoms with E-state index in [0.29, 0.717) is 5.76 Å². The molecule has 3 rings (SSSR count). The van der Waals surface area contributed by atoms with Crippen LogP contribution in [0.15, 0.2) is 53.3 Å². The van der Waals surface area contributed by atoms with Crippen molar-refractivity contribution in [2.75, 3.05) is 6.61 Å². The van der Waals surface area contributed by atoms with Crippen LogP contribution in [0.2, 0.25) is 0 Å². The molecule has 0 saturated heterocycles. The van der Waals surface area contributed by atoms with Crippen molar-refractivity contribution in [3.63, 3.8) is 0 Å². The van der Waals surface area contributed by atoms with Crippen LogP contribution in [0, 0.1) is 0 Å². The molecule has 0 saturated carbocycles. The molecular formula is C18H21N3O2. The van der Waals surface area contributed by atoms with Crippen LogP contribution in [-0.2, 0) is 6.42 Å².